The molecule has 0 N–H and O–H groups in total. The molecule has 0 aromatic rings. The second-order valence-electron chi connectivity index (χ2n) is 7.36. The molecule has 17 heavy (non-hydrogen) atoms. The van der Waals surface area contributed by atoms with Crippen LogP contribution in [-0.2, 0) is 9.53 Å². The Morgan fingerprint density at radius 1 is 1.18 bits per heavy atom. The molecule has 3 heteroatoms. The second kappa shape index (κ2) is 4.50. The van der Waals surface area contributed by atoms with Crippen molar-refractivity contribution in [1.29, 1.82) is 0 Å². The average Bonchev–Trinajstić information content (AvgIpc) is 2.92. The van der Waals surface area contributed by atoms with Crippen molar-refractivity contribution in [1.82, 2.24) is 0 Å². The van der Waals surface area contributed by atoms with Crippen molar-refractivity contribution in [2.24, 2.45) is 5.92 Å². The van der Waals surface area contributed by atoms with Crippen molar-refractivity contribution in [3.05, 3.63) is 0 Å². The number of hydrogen-bond acceptors (Lipinski definition) is 2. The van der Waals surface area contributed by atoms with Crippen LogP contribution in [0.25, 0.3) is 0 Å². The molecule has 3 atom stereocenters. The van der Waals surface area contributed by atoms with E-state index in [1.54, 1.807) is 0 Å². The van der Waals surface area contributed by atoms with Crippen LogP contribution >= 0.6 is 0 Å². The molecular formula is C14H28O2Si. The van der Waals surface area contributed by atoms with E-state index >= 15 is 0 Å². The van der Waals surface area contributed by atoms with E-state index in [-0.39, 0.29) is 22.8 Å². The fourth-order valence-electron chi connectivity index (χ4n) is 2.11. The van der Waals surface area contributed by atoms with Crippen LogP contribution in [0.5, 0.6) is 0 Å². The van der Waals surface area contributed by atoms with Gasteiger partial charge in [-0.2, -0.15) is 0 Å². The third-order valence-corrected chi connectivity index (χ3v) is 11.2. The molecule has 1 aliphatic rings. The molecule has 0 spiro atoms. The molecule has 0 amide bonds. The van der Waals surface area contributed by atoms with E-state index in [0.29, 0.717) is 11.7 Å². The molecular weight excluding hydrogens is 228 g/mol. The Kier molecular flexibility index (Phi) is 3.95. The zero-order chi connectivity index (χ0) is 13.6. The lowest BCUT2D eigenvalue weighted by atomic mass is 10.0. The Morgan fingerprint density at radius 2 is 1.65 bits per heavy atom. The van der Waals surface area contributed by atoms with Crippen molar-refractivity contribution in [2.75, 3.05) is 0 Å². The zero-order valence-corrected chi connectivity index (χ0v) is 13.6. The van der Waals surface area contributed by atoms with Gasteiger partial charge in [0, 0.05) is 5.54 Å². The predicted molar refractivity (Wildman–Crippen MR) is 75.1 cm³/mol. The molecule has 2 nitrogen and oxygen atoms in total. The van der Waals surface area contributed by atoms with E-state index in [0.717, 1.165) is 0 Å². The largest absolute Gasteiger partial charge is 0.361 e. The van der Waals surface area contributed by atoms with Gasteiger partial charge in [-0.25, -0.2) is 0 Å². The summed E-state index contributed by atoms with van der Waals surface area (Å²) >= 11 is 0. The minimum absolute atomic E-state index is 0.112. The Labute approximate surface area is 107 Å². The Hall–Kier alpha value is -0.153. The van der Waals surface area contributed by atoms with Gasteiger partial charge in [0.05, 0.1) is 14.2 Å². The topological polar surface area (TPSA) is 29.6 Å². The number of ketones is 1. The number of ether oxygens (including phenoxy) is 1. The first-order valence-electron chi connectivity index (χ1n) is 6.69. The van der Waals surface area contributed by atoms with Gasteiger partial charge in [0.15, 0.2) is 5.78 Å². The maximum atomic E-state index is 12.4. The summed E-state index contributed by atoms with van der Waals surface area (Å²) in [6.07, 6.45) is 0.0637. The van der Waals surface area contributed by atoms with Gasteiger partial charge >= 0.3 is 0 Å². The molecule has 0 unspecified atom stereocenters. The van der Waals surface area contributed by atoms with Crippen molar-refractivity contribution in [3.63, 3.8) is 0 Å². The highest BCUT2D eigenvalue weighted by atomic mass is 28.3. The number of carbonyl (C=O) groups excluding carboxylic acids is 1. The van der Waals surface area contributed by atoms with Crippen molar-refractivity contribution < 1.29 is 9.53 Å². The van der Waals surface area contributed by atoms with Gasteiger partial charge in [-0.3, -0.25) is 4.79 Å². The van der Waals surface area contributed by atoms with Gasteiger partial charge in [0.2, 0.25) is 0 Å². The summed E-state index contributed by atoms with van der Waals surface area (Å²) in [6.45, 7) is 17.8. The number of rotatable bonds is 4. The number of carbonyl (C=O) groups is 1. The molecule has 0 saturated carbocycles. The van der Waals surface area contributed by atoms with E-state index < -0.39 is 8.07 Å². The van der Waals surface area contributed by atoms with E-state index in [1.165, 1.54) is 0 Å². The smallest absolute Gasteiger partial charge is 0.164 e. The van der Waals surface area contributed by atoms with Crippen molar-refractivity contribution in [2.45, 2.75) is 77.4 Å². The van der Waals surface area contributed by atoms with Crippen LogP contribution < -0.4 is 0 Å². The third kappa shape index (κ3) is 2.82. The average molecular weight is 256 g/mol. The Balaban J connectivity index is 2.72. The fraction of sp³-hybridized carbons (Fsp3) is 0.929. The predicted octanol–water partition coefficient (Wildman–Crippen LogP) is 3.88. The summed E-state index contributed by atoms with van der Waals surface area (Å²) in [4.78, 5) is 12.4. The van der Waals surface area contributed by atoms with Gasteiger partial charge in [0.1, 0.15) is 6.10 Å². The normalized spacial score (nSPS) is 27.1. The lowest BCUT2D eigenvalue weighted by Gasteiger charge is -2.41. The number of hydrogen-bond donors (Lipinski definition) is 0. The first-order chi connectivity index (χ1) is 7.50. The first-order valence-corrected chi connectivity index (χ1v) is 9.77. The number of Topliss-reactive ketones (excluding diaryl/α,β-unsaturated/α-hetero) is 1. The lowest BCUT2D eigenvalue weighted by molar-refractivity contribution is -0.120. The Bertz CT molecular complexity index is 302. The van der Waals surface area contributed by atoms with Gasteiger partial charge in [0.25, 0.3) is 0 Å². The molecule has 0 aromatic carbocycles. The van der Waals surface area contributed by atoms with E-state index in [2.05, 4.69) is 54.6 Å². The summed E-state index contributed by atoms with van der Waals surface area (Å²) in [5, 5.41) is 0.254. The van der Waals surface area contributed by atoms with Crippen molar-refractivity contribution >= 4 is 13.9 Å². The summed E-state index contributed by atoms with van der Waals surface area (Å²) in [7, 11) is -1.59. The zero-order valence-electron chi connectivity index (χ0n) is 12.6. The van der Waals surface area contributed by atoms with Gasteiger partial charge in [-0.1, -0.05) is 54.6 Å². The molecule has 0 bridgehead atoms. The number of epoxide rings is 1. The molecule has 1 fully saturated rings. The lowest BCUT2D eigenvalue weighted by Crippen LogP contribution is -2.45. The summed E-state index contributed by atoms with van der Waals surface area (Å²) in [5.41, 5.74) is 0.177. The van der Waals surface area contributed by atoms with Crippen LogP contribution in [0, 0.1) is 5.92 Å². The van der Waals surface area contributed by atoms with Crippen LogP contribution in [0.4, 0.5) is 0 Å². The molecule has 1 heterocycles. The van der Waals surface area contributed by atoms with Crippen LogP contribution in [0.1, 0.15) is 41.5 Å². The molecule has 1 aliphatic heterocycles. The highest BCUT2D eigenvalue weighted by molar-refractivity contribution is 6.84. The quantitative estimate of drug-likeness (QED) is 0.564. The maximum absolute atomic E-state index is 12.4. The van der Waals surface area contributed by atoms with Gasteiger partial charge in [-0.15, -0.1) is 0 Å². The van der Waals surface area contributed by atoms with E-state index in [9.17, 15) is 4.79 Å². The van der Waals surface area contributed by atoms with E-state index in [1.807, 2.05) is 0 Å². The summed E-state index contributed by atoms with van der Waals surface area (Å²) in [5.74, 6) is 0.797. The van der Waals surface area contributed by atoms with Crippen LogP contribution in [-0.4, -0.2) is 26.1 Å². The Morgan fingerprint density at radius 3 is 1.94 bits per heavy atom. The van der Waals surface area contributed by atoms with Gasteiger partial charge in [-0.05, 0) is 11.0 Å². The first kappa shape index (κ1) is 14.9. The molecule has 0 radical (unpaired) electrons. The standard InChI is InChI=1S/C14H28O2Si/c1-9(2)12-13(16-12)11(15)10(3)17(7,8)14(4,5)6/h9-10,12-13H,1-8H3/t10-,12+,13+/m0/s1. The van der Waals surface area contributed by atoms with Crippen LogP contribution in [0.2, 0.25) is 23.7 Å². The molecule has 100 valence electrons. The van der Waals surface area contributed by atoms with Crippen LogP contribution in [0.15, 0.2) is 0 Å². The third-order valence-electron chi connectivity index (χ3n) is 4.91. The summed E-state index contributed by atoms with van der Waals surface area (Å²) in [6, 6.07) is 0. The second-order valence-corrected chi connectivity index (χ2v) is 13.2. The maximum Gasteiger partial charge on any atom is 0.164 e. The van der Waals surface area contributed by atoms with Crippen molar-refractivity contribution in [3.8, 4) is 0 Å². The fourth-order valence-corrected chi connectivity index (χ4v) is 4.29. The van der Waals surface area contributed by atoms with Crippen LogP contribution in [0.3, 0.4) is 0 Å². The molecule has 0 aromatic heterocycles. The SMILES string of the molecule is CC(C)[C@H]1O[C@@H]1C(=O)[C@H](C)[Si](C)(C)C(C)(C)C. The molecule has 1 rings (SSSR count). The minimum atomic E-state index is -1.59. The summed E-state index contributed by atoms with van der Waals surface area (Å²) < 4.78 is 5.54. The highest BCUT2D eigenvalue weighted by Gasteiger charge is 2.52. The highest BCUT2D eigenvalue weighted by Crippen LogP contribution is 2.46. The van der Waals surface area contributed by atoms with Gasteiger partial charge < -0.3 is 4.74 Å². The molecule has 0 aliphatic carbocycles. The van der Waals surface area contributed by atoms with E-state index in [4.69, 9.17) is 4.74 Å². The molecule has 1 saturated heterocycles. The monoisotopic (exact) mass is 256 g/mol. The minimum Gasteiger partial charge on any atom is -0.361 e.